The van der Waals surface area contributed by atoms with Gasteiger partial charge in [0.25, 0.3) is 0 Å². The molecule has 1 fully saturated rings. The number of nitrogens with two attached hydrogens (primary N) is 1. The molecule has 1 aliphatic rings. The Morgan fingerprint density at radius 3 is 2.75 bits per heavy atom. The molecule has 0 bridgehead atoms. The number of sulfonamides is 1. The molecule has 1 aliphatic heterocycles. The minimum atomic E-state index is -3.26. The number of ether oxygens (including phenoxy) is 1. The Kier molecular flexibility index (Phi) is 5.13. The first kappa shape index (κ1) is 13.9. The molecule has 1 heterocycles. The summed E-state index contributed by atoms with van der Waals surface area (Å²) in [5.41, 5.74) is 5.30. The van der Waals surface area contributed by atoms with Gasteiger partial charge in [0.15, 0.2) is 0 Å². The van der Waals surface area contributed by atoms with Gasteiger partial charge in [-0.3, -0.25) is 0 Å². The molecule has 0 amide bonds. The van der Waals surface area contributed by atoms with E-state index in [1.165, 1.54) is 4.31 Å². The van der Waals surface area contributed by atoms with Gasteiger partial charge in [-0.1, -0.05) is 0 Å². The van der Waals surface area contributed by atoms with E-state index in [1.807, 2.05) is 0 Å². The topological polar surface area (TPSA) is 92.9 Å². The largest absolute Gasteiger partial charge is 0.394 e. The molecule has 16 heavy (non-hydrogen) atoms. The lowest BCUT2D eigenvalue weighted by Crippen LogP contribution is -2.50. The van der Waals surface area contributed by atoms with E-state index in [0.717, 1.165) is 0 Å². The Morgan fingerprint density at radius 1 is 1.50 bits per heavy atom. The van der Waals surface area contributed by atoms with Crippen molar-refractivity contribution in [1.29, 1.82) is 0 Å². The van der Waals surface area contributed by atoms with Crippen LogP contribution in [-0.4, -0.2) is 62.0 Å². The molecule has 0 radical (unpaired) electrons. The first-order valence-electron chi connectivity index (χ1n) is 5.44. The van der Waals surface area contributed by atoms with Gasteiger partial charge in [-0.15, -0.1) is 0 Å². The summed E-state index contributed by atoms with van der Waals surface area (Å²) >= 11 is 0. The zero-order valence-electron chi connectivity index (χ0n) is 9.50. The van der Waals surface area contributed by atoms with Crippen LogP contribution in [-0.2, 0) is 14.8 Å². The highest BCUT2D eigenvalue weighted by Crippen LogP contribution is 2.15. The zero-order valence-corrected chi connectivity index (χ0v) is 10.3. The Labute approximate surface area is 96.4 Å². The summed E-state index contributed by atoms with van der Waals surface area (Å²) in [6, 6.07) is 0. The van der Waals surface area contributed by atoms with Gasteiger partial charge in [0.1, 0.15) is 0 Å². The van der Waals surface area contributed by atoms with Crippen molar-refractivity contribution >= 4 is 10.0 Å². The van der Waals surface area contributed by atoms with Crippen molar-refractivity contribution < 1.29 is 18.3 Å². The van der Waals surface area contributed by atoms with Gasteiger partial charge in [0, 0.05) is 13.1 Å². The van der Waals surface area contributed by atoms with Crippen LogP contribution in [0.3, 0.4) is 0 Å². The van der Waals surface area contributed by atoms with Crippen molar-refractivity contribution in [1.82, 2.24) is 4.31 Å². The maximum atomic E-state index is 11.9. The fraction of sp³-hybridized carbons (Fsp3) is 1.00. The highest BCUT2D eigenvalue weighted by atomic mass is 32.2. The normalized spacial score (nSPS) is 28.2. The van der Waals surface area contributed by atoms with Crippen molar-refractivity contribution in [2.45, 2.75) is 25.6 Å². The van der Waals surface area contributed by atoms with Gasteiger partial charge in [0.2, 0.25) is 10.0 Å². The molecule has 0 aromatic carbocycles. The molecule has 96 valence electrons. The van der Waals surface area contributed by atoms with Crippen LogP contribution in [0, 0.1) is 0 Å². The van der Waals surface area contributed by atoms with Crippen LogP contribution in [0.4, 0.5) is 0 Å². The molecule has 0 aliphatic carbocycles. The fourth-order valence-electron chi connectivity index (χ4n) is 1.73. The summed E-state index contributed by atoms with van der Waals surface area (Å²) < 4.78 is 30.5. The Bertz CT molecular complexity index is 307. The lowest BCUT2D eigenvalue weighted by atomic mass is 10.2. The van der Waals surface area contributed by atoms with Crippen molar-refractivity contribution in [3.05, 3.63) is 0 Å². The Balaban J connectivity index is 2.64. The summed E-state index contributed by atoms with van der Waals surface area (Å²) in [5.74, 6) is 0.0639. The lowest BCUT2D eigenvalue weighted by Gasteiger charge is -2.35. The van der Waals surface area contributed by atoms with Crippen LogP contribution in [0.1, 0.15) is 13.3 Å². The summed E-state index contributed by atoms with van der Waals surface area (Å²) in [6.45, 7) is 2.58. The molecular weight excluding hydrogens is 232 g/mol. The van der Waals surface area contributed by atoms with E-state index in [0.29, 0.717) is 19.5 Å². The number of nitrogens with zero attached hydrogens (tertiary/aromatic N) is 1. The quantitative estimate of drug-likeness (QED) is 0.637. The minimum absolute atomic E-state index is 0.0639. The van der Waals surface area contributed by atoms with Gasteiger partial charge < -0.3 is 15.6 Å². The van der Waals surface area contributed by atoms with Crippen LogP contribution in [0.2, 0.25) is 0 Å². The molecule has 3 N–H and O–H groups in total. The van der Waals surface area contributed by atoms with Crippen molar-refractivity contribution in [2.75, 3.05) is 32.0 Å². The first-order chi connectivity index (χ1) is 7.49. The van der Waals surface area contributed by atoms with E-state index < -0.39 is 16.1 Å². The monoisotopic (exact) mass is 252 g/mol. The van der Waals surface area contributed by atoms with E-state index in [-0.39, 0.29) is 25.0 Å². The van der Waals surface area contributed by atoms with Gasteiger partial charge in [0.05, 0.1) is 24.6 Å². The predicted molar refractivity (Wildman–Crippen MR) is 60.5 cm³/mol. The number of hydrogen-bond donors (Lipinski definition) is 2. The van der Waals surface area contributed by atoms with Crippen LogP contribution >= 0.6 is 0 Å². The third-order valence-electron chi connectivity index (χ3n) is 2.50. The standard InChI is InChI=1S/C9H20N2O4S/c1-8-5-11(6-9(7-12)15-8)16(13,14)4-2-3-10/h8-9,12H,2-7,10H2,1H3. The molecule has 1 saturated heterocycles. The van der Waals surface area contributed by atoms with Crippen molar-refractivity contribution in [2.24, 2.45) is 5.73 Å². The average Bonchev–Trinajstić information content (AvgIpc) is 2.25. The number of rotatable bonds is 5. The van der Waals surface area contributed by atoms with Gasteiger partial charge in [-0.25, -0.2) is 8.42 Å². The lowest BCUT2D eigenvalue weighted by molar-refractivity contribution is -0.0750. The van der Waals surface area contributed by atoms with Gasteiger partial charge >= 0.3 is 0 Å². The summed E-state index contributed by atoms with van der Waals surface area (Å²) in [4.78, 5) is 0. The van der Waals surface area contributed by atoms with Crippen molar-refractivity contribution in [3.8, 4) is 0 Å². The van der Waals surface area contributed by atoms with Gasteiger partial charge in [-0.05, 0) is 19.9 Å². The summed E-state index contributed by atoms with van der Waals surface area (Å²) in [6.07, 6.45) is -0.146. The average molecular weight is 252 g/mol. The number of aliphatic hydroxyl groups excluding tert-OH is 1. The number of aliphatic hydroxyl groups is 1. The Morgan fingerprint density at radius 2 is 2.19 bits per heavy atom. The maximum Gasteiger partial charge on any atom is 0.214 e. The summed E-state index contributed by atoms with van der Waals surface area (Å²) in [7, 11) is -3.26. The predicted octanol–water partition coefficient (Wildman–Crippen LogP) is -1.25. The number of morpholine rings is 1. The minimum Gasteiger partial charge on any atom is -0.394 e. The van der Waals surface area contributed by atoms with Crippen molar-refractivity contribution in [3.63, 3.8) is 0 Å². The molecule has 0 spiro atoms. The van der Waals surface area contributed by atoms with E-state index in [9.17, 15) is 8.42 Å². The molecular formula is C9H20N2O4S. The smallest absolute Gasteiger partial charge is 0.214 e. The molecule has 0 saturated carbocycles. The first-order valence-corrected chi connectivity index (χ1v) is 7.04. The molecule has 2 atom stereocenters. The van der Waals surface area contributed by atoms with Crippen LogP contribution in [0.15, 0.2) is 0 Å². The third kappa shape index (κ3) is 3.67. The Hall–Kier alpha value is -0.210. The van der Waals surface area contributed by atoms with Gasteiger partial charge in [-0.2, -0.15) is 4.31 Å². The van der Waals surface area contributed by atoms with Crippen LogP contribution in [0.5, 0.6) is 0 Å². The van der Waals surface area contributed by atoms with Crippen LogP contribution in [0.25, 0.3) is 0 Å². The highest BCUT2D eigenvalue weighted by molar-refractivity contribution is 7.89. The molecule has 0 aromatic heterocycles. The molecule has 2 unspecified atom stereocenters. The summed E-state index contributed by atoms with van der Waals surface area (Å²) in [5, 5.41) is 9.00. The zero-order chi connectivity index (χ0) is 12.2. The highest BCUT2D eigenvalue weighted by Gasteiger charge is 2.31. The molecule has 6 nitrogen and oxygen atoms in total. The van der Waals surface area contributed by atoms with E-state index in [1.54, 1.807) is 6.92 Å². The second-order valence-electron chi connectivity index (χ2n) is 4.03. The van der Waals surface area contributed by atoms with E-state index in [4.69, 9.17) is 15.6 Å². The maximum absolute atomic E-state index is 11.9. The van der Waals surface area contributed by atoms with Crippen LogP contribution < -0.4 is 5.73 Å². The fourth-order valence-corrected chi connectivity index (χ4v) is 3.35. The second kappa shape index (κ2) is 5.92. The molecule has 7 heteroatoms. The van der Waals surface area contributed by atoms with E-state index >= 15 is 0 Å². The molecule has 0 aromatic rings. The SMILES string of the molecule is CC1CN(S(=O)(=O)CCCN)CC(CO)O1. The third-order valence-corrected chi connectivity index (χ3v) is 4.39. The van der Waals surface area contributed by atoms with E-state index in [2.05, 4.69) is 0 Å². The number of hydrogen-bond acceptors (Lipinski definition) is 5. The molecule has 1 rings (SSSR count). The second-order valence-corrected chi connectivity index (χ2v) is 6.11.